The second-order valence-electron chi connectivity index (χ2n) is 7.88. The van der Waals surface area contributed by atoms with E-state index in [9.17, 15) is 4.79 Å². The average molecular weight is 506 g/mol. The lowest BCUT2D eigenvalue weighted by molar-refractivity contribution is 0.166. The summed E-state index contributed by atoms with van der Waals surface area (Å²) in [6.45, 7) is 3.01. The van der Waals surface area contributed by atoms with Crippen molar-refractivity contribution in [3.05, 3.63) is 41.4 Å². The summed E-state index contributed by atoms with van der Waals surface area (Å²) in [6.07, 6.45) is 6.46. The maximum absolute atomic E-state index is 15.3. The number of nitrogens with one attached hydrogen (secondary N) is 3. The van der Waals surface area contributed by atoms with Gasteiger partial charge in [-0.2, -0.15) is 5.10 Å². The van der Waals surface area contributed by atoms with Gasteiger partial charge in [0.2, 0.25) is 5.95 Å². The van der Waals surface area contributed by atoms with Gasteiger partial charge in [0.15, 0.2) is 5.82 Å². The third kappa shape index (κ3) is 5.20. The Bertz CT molecular complexity index is 1200. The lowest BCUT2D eigenvalue weighted by atomic mass is 10.0. The first-order valence-electron chi connectivity index (χ1n) is 10.7. The summed E-state index contributed by atoms with van der Waals surface area (Å²) in [5, 5.41) is 11.0. The van der Waals surface area contributed by atoms with Crippen LogP contribution in [-0.4, -0.2) is 51.3 Å². The first kappa shape index (κ1) is 24.1. The summed E-state index contributed by atoms with van der Waals surface area (Å²) >= 11 is 7.56. The molecule has 0 unspecified atom stereocenters. The van der Waals surface area contributed by atoms with Crippen LogP contribution in [-0.2, 0) is 11.3 Å². The van der Waals surface area contributed by atoms with E-state index in [1.54, 1.807) is 29.3 Å². The molecule has 2 aromatic heterocycles. The number of halogens is 2. The minimum absolute atomic E-state index is 0.276. The molecular formula is C22H25ClFN7O2S. The summed E-state index contributed by atoms with van der Waals surface area (Å²) in [5.74, 6) is -0.0553. The van der Waals surface area contributed by atoms with Crippen LogP contribution in [0.4, 0.5) is 20.8 Å². The van der Waals surface area contributed by atoms with Gasteiger partial charge in [-0.05, 0) is 38.0 Å². The van der Waals surface area contributed by atoms with Crippen LogP contribution in [0.5, 0.6) is 0 Å². The Kier molecular flexibility index (Phi) is 7.13. The molecule has 0 radical (unpaired) electrons. The highest BCUT2D eigenvalue weighted by atomic mass is 35.5. The van der Waals surface area contributed by atoms with Crippen LogP contribution < -0.4 is 15.4 Å². The number of carbonyl (C=O) groups is 1. The number of hydrogen-bond acceptors (Lipinski definition) is 8. The van der Waals surface area contributed by atoms with Gasteiger partial charge < -0.3 is 20.1 Å². The van der Waals surface area contributed by atoms with Crippen LogP contribution >= 0.6 is 23.5 Å². The Hall–Kier alpha value is -3.05. The molecular weight excluding hydrogens is 481 g/mol. The third-order valence-corrected chi connectivity index (χ3v) is 6.16. The smallest absolute Gasteiger partial charge is 0.407 e. The number of ether oxygens (including phenoxy) is 1. The van der Waals surface area contributed by atoms with Gasteiger partial charge in [-0.3, -0.25) is 4.68 Å². The van der Waals surface area contributed by atoms with Crippen molar-refractivity contribution in [2.75, 3.05) is 29.9 Å². The summed E-state index contributed by atoms with van der Waals surface area (Å²) in [6, 6.07) is 4.84. The van der Waals surface area contributed by atoms with E-state index in [2.05, 4.69) is 30.4 Å². The molecule has 1 saturated carbocycles. The molecule has 1 fully saturated rings. The van der Waals surface area contributed by atoms with E-state index in [0.717, 1.165) is 12.8 Å². The molecule has 1 amide bonds. The zero-order valence-corrected chi connectivity index (χ0v) is 20.6. The number of hydrogen-bond donors (Lipinski definition) is 3. The van der Waals surface area contributed by atoms with Gasteiger partial charge in [0, 0.05) is 47.9 Å². The van der Waals surface area contributed by atoms with Gasteiger partial charge in [0.05, 0.1) is 24.0 Å². The molecule has 3 aromatic rings. The third-order valence-electron chi connectivity index (χ3n) is 5.51. The van der Waals surface area contributed by atoms with Crippen molar-refractivity contribution in [1.29, 1.82) is 0 Å². The molecule has 9 nitrogen and oxygen atoms in total. The van der Waals surface area contributed by atoms with Gasteiger partial charge in [0.1, 0.15) is 5.69 Å². The van der Waals surface area contributed by atoms with Gasteiger partial charge in [-0.15, -0.1) is 0 Å². The number of amides is 1. The minimum Gasteiger partial charge on any atom is -0.453 e. The number of alkyl carbamates (subject to hydrolysis) is 1. The maximum atomic E-state index is 15.3. The predicted octanol–water partition coefficient (Wildman–Crippen LogP) is 4.81. The van der Waals surface area contributed by atoms with E-state index in [-0.39, 0.29) is 16.8 Å². The lowest BCUT2D eigenvalue weighted by Crippen LogP contribution is -2.42. The largest absolute Gasteiger partial charge is 0.453 e. The fourth-order valence-corrected chi connectivity index (χ4v) is 4.11. The number of carbonyl (C=O) groups excluding carboxylic acids is 1. The molecule has 0 spiro atoms. The monoisotopic (exact) mass is 505 g/mol. The second-order valence-corrected chi connectivity index (χ2v) is 8.93. The molecule has 12 heteroatoms. The minimum atomic E-state index is -0.468. The number of aromatic nitrogens is 4. The topological polar surface area (TPSA) is 106 Å². The van der Waals surface area contributed by atoms with Crippen LogP contribution in [0.3, 0.4) is 0 Å². The van der Waals surface area contributed by atoms with Gasteiger partial charge in [-0.25, -0.2) is 19.2 Å². The van der Waals surface area contributed by atoms with Gasteiger partial charge in [0.25, 0.3) is 0 Å². The molecule has 4 rings (SSSR count). The van der Waals surface area contributed by atoms with Crippen molar-refractivity contribution in [2.45, 2.75) is 31.8 Å². The molecule has 34 heavy (non-hydrogen) atoms. The van der Waals surface area contributed by atoms with Crippen LogP contribution in [0.1, 0.15) is 19.8 Å². The summed E-state index contributed by atoms with van der Waals surface area (Å²) in [7, 11) is 1.34. The lowest BCUT2D eigenvalue weighted by Gasteiger charge is -2.17. The van der Waals surface area contributed by atoms with Crippen molar-refractivity contribution in [3.63, 3.8) is 0 Å². The van der Waals surface area contributed by atoms with Crippen LogP contribution in [0, 0.1) is 5.82 Å². The molecule has 3 N–H and O–H groups in total. The number of nitrogens with zero attached hydrogens (tertiary/aromatic N) is 4. The Morgan fingerprint density at radius 1 is 1.35 bits per heavy atom. The van der Waals surface area contributed by atoms with Crippen LogP contribution in [0.2, 0.25) is 5.02 Å². The highest BCUT2D eigenvalue weighted by Gasteiger charge is 2.44. The molecule has 0 saturated heterocycles. The zero-order chi connectivity index (χ0) is 24.3. The number of rotatable bonds is 9. The maximum Gasteiger partial charge on any atom is 0.407 e. The fraction of sp³-hybridized carbons (Fsp3) is 0.364. The standard InChI is InChI=1S/C22H25ClFN7O2S/c1-4-31-11-15(19(29-31)14-9-13(23)10-17(18(14)24)30-34-3)16-5-8-25-20(27-16)26-12-22(6-7-22)28-21(32)33-2/h5,8-11,30H,4,6-7,12H2,1-3H3,(H,28,32)(H,25,26,27). The average Bonchev–Trinajstić information content (AvgIpc) is 3.46. The molecule has 1 aliphatic rings. The van der Waals surface area contributed by atoms with Crippen molar-refractivity contribution >= 4 is 41.3 Å². The highest BCUT2D eigenvalue weighted by Crippen LogP contribution is 2.38. The Morgan fingerprint density at radius 3 is 2.82 bits per heavy atom. The van der Waals surface area contributed by atoms with E-state index >= 15 is 4.39 Å². The van der Waals surface area contributed by atoms with E-state index < -0.39 is 11.9 Å². The molecule has 0 atom stereocenters. The number of anilines is 2. The number of methoxy groups -OCH3 is 1. The second kappa shape index (κ2) is 10.1. The highest BCUT2D eigenvalue weighted by molar-refractivity contribution is 7.99. The van der Waals surface area contributed by atoms with E-state index in [1.807, 2.05) is 13.1 Å². The zero-order valence-electron chi connectivity index (χ0n) is 19.0. The van der Waals surface area contributed by atoms with E-state index in [4.69, 9.17) is 16.3 Å². The predicted molar refractivity (Wildman–Crippen MR) is 132 cm³/mol. The van der Waals surface area contributed by atoms with E-state index in [1.165, 1.54) is 25.1 Å². The Balaban J connectivity index is 1.65. The van der Waals surface area contributed by atoms with Gasteiger partial charge >= 0.3 is 6.09 Å². The van der Waals surface area contributed by atoms with Crippen LogP contribution in [0.15, 0.2) is 30.6 Å². The van der Waals surface area contributed by atoms with Crippen molar-refractivity contribution in [2.24, 2.45) is 0 Å². The Morgan fingerprint density at radius 2 is 2.15 bits per heavy atom. The molecule has 0 bridgehead atoms. The molecule has 0 aliphatic heterocycles. The molecule has 2 heterocycles. The first-order valence-corrected chi connectivity index (χ1v) is 12.3. The SMILES string of the molecule is CCn1cc(-c2ccnc(NCC3(NC(=O)OC)CC3)n2)c(-c2cc(Cl)cc(NSC)c2F)n1. The summed E-state index contributed by atoms with van der Waals surface area (Å²) < 4.78 is 24.7. The summed E-state index contributed by atoms with van der Waals surface area (Å²) in [4.78, 5) is 20.5. The van der Waals surface area contributed by atoms with E-state index in [0.29, 0.717) is 41.0 Å². The molecule has 180 valence electrons. The van der Waals surface area contributed by atoms with Crippen molar-refractivity contribution < 1.29 is 13.9 Å². The normalized spacial score (nSPS) is 13.9. The van der Waals surface area contributed by atoms with Gasteiger partial charge in [-0.1, -0.05) is 23.5 Å². The quantitative estimate of drug-likeness (QED) is 0.356. The van der Waals surface area contributed by atoms with Crippen molar-refractivity contribution in [1.82, 2.24) is 25.1 Å². The Labute approximate surface area is 206 Å². The summed E-state index contributed by atoms with van der Waals surface area (Å²) in [5.41, 5.74) is 1.86. The molecule has 1 aromatic carbocycles. The molecule has 1 aliphatic carbocycles. The fourth-order valence-electron chi connectivity index (χ4n) is 3.52. The first-order chi connectivity index (χ1) is 16.4. The van der Waals surface area contributed by atoms with Crippen LogP contribution in [0.25, 0.3) is 22.5 Å². The van der Waals surface area contributed by atoms with Crippen molar-refractivity contribution in [3.8, 4) is 22.5 Å². The number of aryl methyl sites for hydroxylation is 1. The number of benzene rings is 1.